The molecule has 0 spiro atoms. The first kappa shape index (κ1) is 14.4. The van der Waals surface area contributed by atoms with Crippen LogP contribution in [0.1, 0.15) is 19.4 Å². The third-order valence-corrected chi connectivity index (χ3v) is 2.97. The van der Waals surface area contributed by atoms with Crippen LogP contribution in [0, 0.1) is 0 Å². The minimum absolute atomic E-state index is 0.120. The van der Waals surface area contributed by atoms with Crippen molar-refractivity contribution in [1.82, 2.24) is 9.97 Å². The number of para-hydroxylation sites is 1. The molecular formula is C14H17ClN4O. The van der Waals surface area contributed by atoms with Crippen molar-refractivity contribution >= 4 is 23.2 Å². The molecule has 6 heteroatoms. The van der Waals surface area contributed by atoms with Crippen molar-refractivity contribution in [3.05, 3.63) is 41.2 Å². The highest BCUT2D eigenvalue weighted by Gasteiger charge is 2.08. The molecule has 0 unspecified atom stereocenters. The van der Waals surface area contributed by atoms with Crippen LogP contribution in [0.3, 0.4) is 0 Å². The molecule has 1 heterocycles. The summed E-state index contributed by atoms with van der Waals surface area (Å²) >= 11 is 6.04. The first-order valence-corrected chi connectivity index (χ1v) is 6.70. The van der Waals surface area contributed by atoms with Crippen molar-refractivity contribution in [2.45, 2.75) is 26.5 Å². The molecule has 20 heavy (non-hydrogen) atoms. The first-order chi connectivity index (χ1) is 9.58. The lowest BCUT2D eigenvalue weighted by Crippen LogP contribution is -2.10. The Kier molecular flexibility index (Phi) is 4.63. The van der Waals surface area contributed by atoms with E-state index in [1.807, 2.05) is 38.1 Å². The Hall–Kier alpha value is -2.01. The second-order valence-corrected chi connectivity index (χ2v) is 4.93. The van der Waals surface area contributed by atoms with Crippen LogP contribution in [0.25, 0.3) is 0 Å². The van der Waals surface area contributed by atoms with Gasteiger partial charge in [0.25, 0.3) is 0 Å². The fraction of sp³-hybridized carbons (Fsp3) is 0.286. The van der Waals surface area contributed by atoms with E-state index in [9.17, 15) is 0 Å². The molecule has 2 aromatic rings. The largest absolute Gasteiger partial charge is 0.491 e. The van der Waals surface area contributed by atoms with Crippen LogP contribution in [0.4, 0.5) is 11.6 Å². The molecule has 5 nitrogen and oxygen atoms in total. The minimum atomic E-state index is 0.120. The van der Waals surface area contributed by atoms with E-state index in [0.717, 1.165) is 11.3 Å². The van der Waals surface area contributed by atoms with Crippen molar-refractivity contribution < 1.29 is 4.74 Å². The van der Waals surface area contributed by atoms with Crippen molar-refractivity contribution in [3.63, 3.8) is 0 Å². The Balaban J connectivity index is 2.13. The molecule has 1 aromatic heterocycles. The predicted octanol–water partition coefficient (Wildman–Crippen LogP) is 3.11. The molecule has 0 fully saturated rings. The molecule has 0 aliphatic heterocycles. The fourth-order valence-corrected chi connectivity index (χ4v) is 1.87. The maximum absolute atomic E-state index is 6.04. The van der Waals surface area contributed by atoms with Crippen LogP contribution in [0.15, 0.2) is 30.6 Å². The van der Waals surface area contributed by atoms with Crippen LogP contribution in [0.2, 0.25) is 5.02 Å². The van der Waals surface area contributed by atoms with Crippen molar-refractivity contribution in [3.8, 4) is 5.75 Å². The number of nitrogens with two attached hydrogens (primary N) is 1. The summed E-state index contributed by atoms with van der Waals surface area (Å²) in [6, 6.07) is 7.83. The van der Waals surface area contributed by atoms with Gasteiger partial charge in [-0.25, -0.2) is 9.97 Å². The van der Waals surface area contributed by atoms with Gasteiger partial charge < -0.3 is 15.8 Å². The van der Waals surface area contributed by atoms with E-state index in [-0.39, 0.29) is 11.9 Å². The van der Waals surface area contributed by atoms with Gasteiger partial charge in [-0.1, -0.05) is 29.8 Å². The van der Waals surface area contributed by atoms with E-state index < -0.39 is 0 Å². The number of aromatic nitrogens is 2. The van der Waals surface area contributed by atoms with Gasteiger partial charge in [0.1, 0.15) is 22.9 Å². The normalized spacial score (nSPS) is 10.6. The third-order valence-electron chi connectivity index (χ3n) is 2.60. The van der Waals surface area contributed by atoms with Crippen LogP contribution in [0.5, 0.6) is 5.75 Å². The monoisotopic (exact) mass is 292 g/mol. The van der Waals surface area contributed by atoms with E-state index in [0.29, 0.717) is 17.4 Å². The second-order valence-electron chi connectivity index (χ2n) is 4.55. The summed E-state index contributed by atoms with van der Waals surface area (Å²) in [4.78, 5) is 7.89. The van der Waals surface area contributed by atoms with Gasteiger partial charge in [-0.05, 0) is 19.9 Å². The minimum Gasteiger partial charge on any atom is -0.491 e. The van der Waals surface area contributed by atoms with Crippen LogP contribution >= 0.6 is 11.6 Å². The lowest BCUT2D eigenvalue weighted by atomic mass is 10.2. The topological polar surface area (TPSA) is 73.1 Å². The molecule has 0 amide bonds. The van der Waals surface area contributed by atoms with Crippen molar-refractivity contribution in [1.29, 1.82) is 0 Å². The molecule has 3 N–H and O–H groups in total. The van der Waals surface area contributed by atoms with E-state index in [1.54, 1.807) is 0 Å². The average molecular weight is 293 g/mol. The number of ether oxygens (including phenoxy) is 1. The highest BCUT2D eigenvalue weighted by atomic mass is 35.5. The van der Waals surface area contributed by atoms with E-state index in [2.05, 4.69) is 15.3 Å². The van der Waals surface area contributed by atoms with Crippen LogP contribution in [-0.4, -0.2) is 16.1 Å². The predicted molar refractivity (Wildman–Crippen MR) is 81.0 cm³/mol. The molecule has 0 saturated carbocycles. The zero-order valence-electron chi connectivity index (χ0n) is 11.4. The van der Waals surface area contributed by atoms with Gasteiger partial charge in [-0.3, -0.25) is 0 Å². The summed E-state index contributed by atoms with van der Waals surface area (Å²) in [5.74, 6) is 1.61. The number of halogens is 1. The Morgan fingerprint density at radius 1 is 1.30 bits per heavy atom. The highest BCUT2D eigenvalue weighted by Crippen LogP contribution is 2.25. The first-order valence-electron chi connectivity index (χ1n) is 6.32. The van der Waals surface area contributed by atoms with Gasteiger partial charge in [0.05, 0.1) is 6.10 Å². The van der Waals surface area contributed by atoms with Gasteiger partial charge in [0, 0.05) is 12.1 Å². The number of nitrogens with zero attached hydrogens (tertiary/aromatic N) is 2. The third kappa shape index (κ3) is 3.51. The number of benzene rings is 1. The lowest BCUT2D eigenvalue weighted by molar-refractivity contribution is 0.240. The Bertz CT molecular complexity index is 589. The van der Waals surface area contributed by atoms with E-state index in [4.69, 9.17) is 22.1 Å². The molecule has 2 rings (SSSR count). The molecule has 0 aliphatic rings. The lowest BCUT2D eigenvalue weighted by Gasteiger charge is -2.15. The summed E-state index contributed by atoms with van der Waals surface area (Å²) in [6.45, 7) is 4.53. The van der Waals surface area contributed by atoms with Gasteiger partial charge >= 0.3 is 0 Å². The summed E-state index contributed by atoms with van der Waals surface area (Å²) in [5, 5.41) is 3.47. The number of rotatable bonds is 5. The molecule has 0 radical (unpaired) electrons. The summed E-state index contributed by atoms with van der Waals surface area (Å²) in [6.07, 6.45) is 1.49. The second kappa shape index (κ2) is 6.43. The Labute approximate surface area is 123 Å². The SMILES string of the molecule is CC(C)Oc1ccccc1CNc1ncnc(N)c1Cl. The molecule has 106 valence electrons. The molecule has 1 aromatic carbocycles. The van der Waals surface area contributed by atoms with E-state index in [1.165, 1.54) is 6.33 Å². The maximum atomic E-state index is 6.04. The van der Waals surface area contributed by atoms with Crippen LogP contribution in [-0.2, 0) is 6.54 Å². The molecule has 0 bridgehead atoms. The van der Waals surface area contributed by atoms with Crippen molar-refractivity contribution in [2.24, 2.45) is 0 Å². The smallest absolute Gasteiger partial charge is 0.150 e. The summed E-state index contributed by atoms with van der Waals surface area (Å²) in [5.41, 5.74) is 6.66. The Morgan fingerprint density at radius 3 is 2.80 bits per heavy atom. The van der Waals surface area contributed by atoms with Gasteiger partial charge in [-0.15, -0.1) is 0 Å². The summed E-state index contributed by atoms with van der Waals surface area (Å²) in [7, 11) is 0. The molecular weight excluding hydrogens is 276 g/mol. The number of nitrogens with one attached hydrogen (secondary N) is 1. The van der Waals surface area contributed by atoms with E-state index >= 15 is 0 Å². The van der Waals surface area contributed by atoms with Gasteiger partial charge in [0.15, 0.2) is 5.82 Å². The molecule has 0 saturated heterocycles. The number of anilines is 2. The molecule has 0 atom stereocenters. The van der Waals surface area contributed by atoms with Gasteiger partial charge in [-0.2, -0.15) is 0 Å². The zero-order chi connectivity index (χ0) is 14.5. The molecule has 0 aliphatic carbocycles. The van der Waals surface area contributed by atoms with Crippen molar-refractivity contribution in [2.75, 3.05) is 11.1 Å². The average Bonchev–Trinajstić information content (AvgIpc) is 2.41. The Morgan fingerprint density at radius 2 is 2.05 bits per heavy atom. The quantitative estimate of drug-likeness (QED) is 0.886. The number of nitrogen functional groups attached to an aromatic ring is 1. The zero-order valence-corrected chi connectivity index (χ0v) is 12.2. The maximum Gasteiger partial charge on any atom is 0.150 e. The number of hydrogen-bond acceptors (Lipinski definition) is 5. The standard InChI is InChI=1S/C14H17ClN4O/c1-9(2)20-11-6-4-3-5-10(11)7-17-14-12(15)13(16)18-8-19-14/h3-6,8-9H,7H2,1-2H3,(H3,16,17,18,19). The van der Waals surface area contributed by atoms with Crippen LogP contribution < -0.4 is 15.8 Å². The fourth-order valence-electron chi connectivity index (χ4n) is 1.70. The summed E-state index contributed by atoms with van der Waals surface area (Å²) < 4.78 is 5.76. The number of hydrogen-bond donors (Lipinski definition) is 2. The van der Waals surface area contributed by atoms with Gasteiger partial charge in [0.2, 0.25) is 0 Å². The highest BCUT2D eigenvalue weighted by molar-refractivity contribution is 6.35.